The molecule has 0 fully saturated rings. The Bertz CT molecular complexity index is 3860. The molecule has 4 heteroatoms. The van der Waals surface area contributed by atoms with Crippen molar-refractivity contribution in [1.29, 1.82) is 0 Å². The molecule has 0 unspecified atom stereocenters. The monoisotopic (exact) mass is 992 g/mol. The number of hydrogen-bond donors (Lipinski definition) is 0. The van der Waals surface area contributed by atoms with Crippen LogP contribution in [0.2, 0.25) is 0 Å². The van der Waals surface area contributed by atoms with Crippen LogP contribution >= 0.6 is 0 Å². The van der Waals surface area contributed by atoms with Crippen LogP contribution in [-0.4, -0.2) is 11.3 Å². The van der Waals surface area contributed by atoms with Crippen LogP contribution in [0.5, 0.6) is 0 Å². The molecule has 3 heterocycles. The second kappa shape index (κ2) is 16.7. The van der Waals surface area contributed by atoms with Crippen molar-refractivity contribution in [2.24, 2.45) is 0 Å². The SMILES string of the molecule is Cc1cc(C)c(-c2cc3c4c(c2)N(c2ccc(C(C)(C)C)cc2)c2c(cc(-n5c6c(c7ccccc75)CCCC6)c5c2C(C)(C)c2ccccc2-5)B4c2cc(C(C)(C)C)ccc2N3c2ccc(C(C)(C)C)cc2)c(C)c1. The fourth-order valence-corrected chi connectivity index (χ4v) is 14.4. The number of rotatable bonds is 4. The third kappa shape index (κ3) is 7.21. The Morgan fingerprint density at radius 1 is 0.500 bits per heavy atom. The lowest BCUT2D eigenvalue weighted by molar-refractivity contribution is 0.590. The number of fused-ring (bicyclic) bond motifs is 11. The van der Waals surface area contributed by atoms with Crippen LogP contribution in [0.1, 0.15) is 145 Å². The molecule has 2 aliphatic carbocycles. The lowest BCUT2D eigenvalue weighted by Crippen LogP contribution is -2.62. The smallest absolute Gasteiger partial charge is 0.252 e. The summed E-state index contributed by atoms with van der Waals surface area (Å²) in [5.74, 6) is 0. The molecule has 0 atom stereocenters. The van der Waals surface area contributed by atoms with Gasteiger partial charge in [0, 0.05) is 56.2 Å². The second-order valence-electron chi connectivity index (χ2n) is 26.7. The summed E-state index contributed by atoms with van der Waals surface area (Å²) in [5.41, 5.74) is 32.8. The highest BCUT2D eigenvalue weighted by molar-refractivity contribution is 7.00. The molecule has 9 aromatic rings. The summed E-state index contributed by atoms with van der Waals surface area (Å²) in [4.78, 5) is 5.36. The fraction of sp³-hybridized carbons (Fsp3) is 0.306. The number of aryl methyl sites for hydroxylation is 4. The maximum absolute atomic E-state index is 2.74. The molecule has 8 aromatic carbocycles. The van der Waals surface area contributed by atoms with Gasteiger partial charge in [-0.2, -0.15) is 0 Å². The predicted octanol–water partition coefficient (Wildman–Crippen LogP) is 17.4. The summed E-state index contributed by atoms with van der Waals surface area (Å²) in [6, 6.07) is 57.9. The van der Waals surface area contributed by atoms with Gasteiger partial charge in [0.2, 0.25) is 0 Å². The van der Waals surface area contributed by atoms with Gasteiger partial charge in [-0.1, -0.05) is 173 Å². The highest BCUT2D eigenvalue weighted by Crippen LogP contribution is 2.58. The van der Waals surface area contributed by atoms with E-state index in [-0.39, 0.29) is 28.4 Å². The van der Waals surface area contributed by atoms with Gasteiger partial charge >= 0.3 is 0 Å². The maximum atomic E-state index is 2.74. The van der Waals surface area contributed by atoms with Crippen LogP contribution < -0.4 is 26.2 Å². The molecular weight excluding hydrogens is 918 g/mol. The highest BCUT2D eigenvalue weighted by atomic mass is 15.2. The molecule has 13 rings (SSSR count). The maximum Gasteiger partial charge on any atom is 0.252 e. The van der Waals surface area contributed by atoms with Crippen LogP contribution in [0.25, 0.3) is 38.8 Å². The van der Waals surface area contributed by atoms with E-state index in [1.807, 2.05) is 0 Å². The topological polar surface area (TPSA) is 11.4 Å². The second-order valence-corrected chi connectivity index (χ2v) is 26.7. The fourth-order valence-electron chi connectivity index (χ4n) is 14.4. The van der Waals surface area contributed by atoms with E-state index < -0.39 is 0 Å². The van der Waals surface area contributed by atoms with E-state index >= 15 is 0 Å². The van der Waals surface area contributed by atoms with Gasteiger partial charge in [-0.05, 0) is 195 Å². The highest BCUT2D eigenvalue weighted by Gasteiger charge is 2.50. The van der Waals surface area contributed by atoms with Gasteiger partial charge in [0.1, 0.15) is 0 Å². The zero-order valence-corrected chi connectivity index (χ0v) is 47.6. The van der Waals surface area contributed by atoms with Crippen LogP contribution in [-0.2, 0) is 34.5 Å². The molecule has 0 radical (unpaired) electrons. The molecule has 0 spiro atoms. The number of aromatic nitrogens is 1. The Balaban J connectivity index is 1.23. The number of anilines is 6. The largest absolute Gasteiger partial charge is 0.313 e. The van der Waals surface area contributed by atoms with Crippen LogP contribution in [0, 0.1) is 20.8 Å². The van der Waals surface area contributed by atoms with Gasteiger partial charge in [-0.15, -0.1) is 0 Å². The lowest BCUT2D eigenvalue weighted by Gasteiger charge is -2.46. The van der Waals surface area contributed by atoms with E-state index in [1.165, 1.54) is 158 Å². The molecule has 1 aromatic heterocycles. The minimum atomic E-state index is -0.341. The summed E-state index contributed by atoms with van der Waals surface area (Å²) >= 11 is 0. The molecule has 4 aliphatic rings. The molecule has 380 valence electrons. The average molecular weight is 992 g/mol. The van der Waals surface area contributed by atoms with Gasteiger partial charge in [0.15, 0.2) is 0 Å². The van der Waals surface area contributed by atoms with Crippen molar-refractivity contribution >= 4 is 68.1 Å². The summed E-state index contributed by atoms with van der Waals surface area (Å²) in [6.07, 6.45) is 4.63. The van der Waals surface area contributed by atoms with Crippen molar-refractivity contribution in [3.8, 4) is 27.9 Å². The Hall–Kier alpha value is -7.04. The first-order valence-corrected chi connectivity index (χ1v) is 28.3. The summed E-state index contributed by atoms with van der Waals surface area (Å²) < 4.78 is 2.74. The van der Waals surface area contributed by atoms with Crippen molar-refractivity contribution in [2.45, 2.75) is 144 Å². The van der Waals surface area contributed by atoms with E-state index in [9.17, 15) is 0 Å². The average Bonchev–Trinajstić information content (AvgIpc) is 4.00. The van der Waals surface area contributed by atoms with Crippen LogP contribution in [0.4, 0.5) is 34.1 Å². The zero-order valence-electron chi connectivity index (χ0n) is 47.6. The number of hydrogen-bond acceptors (Lipinski definition) is 2. The van der Waals surface area contributed by atoms with Crippen molar-refractivity contribution in [3.05, 3.63) is 201 Å². The minimum Gasteiger partial charge on any atom is -0.313 e. The molecule has 3 nitrogen and oxygen atoms in total. The van der Waals surface area contributed by atoms with Crippen molar-refractivity contribution in [1.82, 2.24) is 4.57 Å². The molecule has 0 N–H and O–H groups in total. The van der Waals surface area contributed by atoms with E-state index in [4.69, 9.17) is 0 Å². The molecule has 0 saturated carbocycles. The van der Waals surface area contributed by atoms with E-state index in [2.05, 4.69) is 257 Å². The van der Waals surface area contributed by atoms with E-state index in [0.717, 1.165) is 12.8 Å². The normalized spacial score (nSPS) is 15.3. The Morgan fingerprint density at radius 3 is 1.71 bits per heavy atom. The third-order valence-corrected chi connectivity index (χ3v) is 18.1. The lowest BCUT2D eigenvalue weighted by atomic mass is 9.33. The molecule has 2 aliphatic heterocycles. The van der Waals surface area contributed by atoms with Gasteiger partial charge in [-0.25, -0.2) is 0 Å². The molecule has 0 bridgehead atoms. The van der Waals surface area contributed by atoms with Gasteiger partial charge in [-0.3, -0.25) is 0 Å². The Kier molecular flexibility index (Phi) is 10.7. The zero-order chi connectivity index (χ0) is 53.1. The standard InChI is InChI=1S/C72H74BN3/c1-43-37-44(2)64(45(3)38-43)46-39-62-67-63(40-46)75(51-34-29-48(30-35-51)70(7,8)9)68-57(73(67)56-41-49(71(10,11)12)31-36-60(56)74(62)50-32-27-47(28-33-50)69(4,5)6)42-61(65-54-23-15-18-24-55(54)72(13,14)66(65)68)76-58-25-19-16-21-52(58)53-22-17-20-26-59(53)76/h15-16,18-19,21,23-25,27-42H,17,20,22,26H2,1-14H3. The number of para-hydroxylation sites is 1. The van der Waals surface area contributed by atoms with Crippen LogP contribution in [0.3, 0.4) is 0 Å². The third-order valence-electron chi connectivity index (χ3n) is 18.1. The molecule has 0 amide bonds. The Morgan fingerprint density at radius 2 is 1.07 bits per heavy atom. The van der Waals surface area contributed by atoms with Crippen molar-refractivity contribution in [2.75, 3.05) is 9.80 Å². The summed E-state index contributed by atoms with van der Waals surface area (Å²) in [6.45, 7) is 32.9. The number of benzene rings is 8. The summed E-state index contributed by atoms with van der Waals surface area (Å²) in [7, 11) is 0. The van der Waals surface area contributed by atoms with Crippen molar-refractivity contribution < 1.29 is 0 Å². The summed E-state index contributed by atoms with van der Waals surface area (Å²) in [5, 5.41) is 1.41. The van der Waals surface area contributed by atoms with E-state index in [1.54, 1.807) is 0 Å². The first-order chi connectivity index (χ1) is 36.1. The molecule has 0 saturated heterocycles. The van der Waals surface area contributed by atoms with Gasteiger partial charge in [0.05, 0.1) is 11.2 Å². The first kappa shape index (κ1) is 48.6. The quantitative estimate of drug-likeness (QED) is 0.163. The number of nitrogens with zero attached hydrogens (tertiary/aromatic N) is 3. The van der Waals surface area contributed by atoms with Crippen molar-refractivity contribution in [3.63, 3.8) is 0 Å². The van der Waals surface area contributed by atoms with E-state index in [0.29, 0.717) is 0 Å². The molecule has 76 heavy (non-hydrogen) atoms. The predicted molar refractivity (Wildman–Crippen MR) is 327 cm³/mol. The van der Waals surface area contributed by atoms with Crippen LogP contribution in [0.15, 0.2) is 146 Å². The molecular formula is C72H74BN3. The van der Waals surface area contributed by atoms with Gasteiger partial charge < -0.3 is 14.4 Å². The minimum absolute atomic E-state index is 0.00101. The van der Waals surface area contributed by atoms with Gasteiger partial charge in [0.25, 0.3) is 6.71 Å². The first-order valence-electron chi connectivity index (χ1n) is 28.3. The Labute approximate surface area is 453 Å².